The lowest BCUT2D eigenvalue weighted by atomic mass is 10.3. The molecule has 0 radical (unpaired) electrons. The minimum absolute atomic E-state index is 0. The van der Waals surface area contributed by atoms with Crippen molar-refractivity contribution in [2.24, 2.45) is 0 Å². The van der Waals surface area contributed by atoms with E-state index >= 15 is 0 Å². The second-order valence-electron chi connectivity index (χ2n) is 3.03. The highest BCUT2D eigenvalue weighted by molar-refractivity contribution is 5.85. The molecule has 2 nitrogen and oxygen atoms in total. The zero-order valence-corrected chi connectivity index (χ0v) is 9.08. The summed E-state index contributed by atoms with van der Waals surface area (Å²) in [6.45, 7) is 4.11. The lowest BCUT2D eigenvalue weighted by Crippen LogP contribution is -1.89. The Morgan fingerprint density at radius 1 is 1.36 bits per heavy atom. The zero-order valence-electron chi connectivity index (χ0n) is 8.27. The predicted octanol–water partition coefficient (Wildman–Crippen LogP) is 3.34. The van der Waals surface area contributed by atoms with Crippen molar-refractivity contribution in [3.05, 3.63) is 36.7 Å². The van der Waals surface area contributed by atoms with Gasteiger partial charge in [-0.25, -0.2) is 4.98 Å². The number of hydrogen-bond acceptors (Lipinski definition) is 1. The van der Waals surface area contributed by atoms with Gasteiger partial charge in [-0.1, -0.05) is 18.2 Å². The maximum Gasteiger partial charge on any atom is 0.100 e. The molecule has 1 aromatic heterocycles. The van der Waals surface area contributed by atoms with Crippen LogP contribution in [0.5, 0.6) is 0 Å². The zero-order chi connectivity index (χ0) is 9.26. The van der Waals surface area contributed by atoms with E-state index in [0.29, 0.717) is 0 Å². The Kier molecular flexibility index (Phi) is 3.31. The number of imidazole rings is 1. The number of aromatic nitrogens is 2. The van der Waals surface area contributed by atoms with E-state index in [2.05, 4.69) is 28.6 Å². The molecule has 0 saturated heterocycles. The van der Waals surface area contributed by atoms with Crippen molar-refractivity contribution >= 4 is 29.1 Å². The van der Waals surface area contributed by atoms with Crippen molar-refractivity contribution in [2.75, 3.05) is 0 Å². The van der Waals surface area contributed by atoms with Gasteiger partial charge >= 0.3 is 0 Å². The monoisotopic (exact) mass is 208 g/mol. The SMILES string of the molecule is CC=C(C)n1cnc2ccccc21.Cl. The van der Waals surface area contributed by atoms with Crippen LogP contribution < -0.4 is 0 Å². The molecule has 0 spiro atoms. The van der Waals surface area contributed by atoms with E-state index in [0.717, 1.165) is 11.0 Å². The number of halogens is 1. The van der Waals surface area contributed by atoms with Crippen LogP contribution >= 0.6 is 12.4 Å². The molecular weight excluding hydrogens is 196 g/mol. The third-order valence-electron chi connectivity index (χ3n) is 2.25. The molecule has 1 heterocycles. The van der Waals surface area contributed by atoms with Crippen molar-refractivity contribution in [3.63, 3.8) is 0 Å². The average molecular weight is 209 g/mol. The Balaban J connectivity index is 0.000000980. The fraction of sp³-hybridized carbons (Fsp3) is 0.182. The highest BCUT2D eigenvalue weighted by atomic mass is 35.5. The van der Waals surface area contributed by atoms with Crippen LogP contribution in [-0.4, -0.2) is 9.55 Å². The number of rotatable bonds is 1. The number of allylic oxidation sites excluding steroid dienone is 2. The van der Waals surface area contributed by atoms with Gasteiger partial charge in [-0.15, -0.1) is 12.4 Å². The highest BCUT2D eigenvalue weighted by Gasteiger charge is 2.00. The summed E-state index contributed by atoms with van der Waals surface area (Å²) < 4.78 is 2.09. The maximum atomic E-state index is 4.31. The molecule has 0 N–H and O–H groups in total. The van der Waals surface area contributed by atoms with Crippen molar-refractivity contribution < 1.29 is 0 Å². The van der Waals surface area contributed by atoms with Gasteiger partial charge in [-0.3, -0.25) is 0 Å². The summed E-state index contributed by atoms with van der Waals surface area (Å²) in [6.07, 6.45) is 3.94. The summed E-state index contributed by atoms with van der Waals surface area (Å²) in [5.41, 5.74) is 3.41. The molecule has 14 heavy (non-hydrogen) atoms. The molecule has 0 unspecified atom stereocenters. The summed E-state index contributed by atoms with van der Waals surface area (Å²) in [7, 11) is 0. The van der Waals surface area contributed by atoms with E-state index in [1.165, 1.54) is 5.70 Å². The molecule has 0 bridgehead atoms. The van der Waals surface area contributed by atoms with E-state index in [1.807, 2.05) is 31.5 Å². The Labute approximate surface area is 89.7 Å². The van der Waals surface area contributed by atoms with Crippen LogP contribution in [0.1, 0.15) is 13.8 Å². The summed E-state index contributed by atoms with van der Waals surface area (Å²) in [6, 6.07) is 8.14. The first-order valence-corrected chi connectivity index (χ1v) is 4.38. The number of nitrogens with zero attached hydrogens (tertiary/aromatic N) is 2. The number of hydrogen-bond donors (Lipinski definition) is 0. The summed E-state index contributed by atoms with van der Waals surface area (Å²) in [4.78, 5) is 4.31. The minimum Gasteiger partial charge on any atom is -0.303 e. The van der Waals surface area contributed by atoms with Gasteiger partial charge in [0.15, 0.2) is 0 Å². The molecule has 1 aromatic carbocycles. The van der Waals surface area contributed by atoms with Crippen LogP contribution in [0.2, 0.25) is 0 Å². The second kappa shape index (κ2) is 4.29. The summed E-state index contributed by atoms with van der Waals surface area (Å²) in [5.74, 6) is 0. The molecular formula is C11H13ClN2. The number of para-hydroxylation sites is 2. The molecule has 0 fully saturated rings. The van der Waals surface area contributed by atoms with Crippen LogP contribution in [0.15, 0.2) is 36.7 Å². The van der Waals surface area contributed by atoms with Gasteiger partial charge < -0.3 is 4.57 Å². The van der Waals surface area contributed by atoms with E-state index in [4.69, 9.17) is 0 Å². The molecule has 3 heteroatoms. The van der Waals surface area contributed by atoms with Crippen molar-refractivity contribution in [1.82, 2.24) is 9.55 Å². The smallest absolute Gasteiger partial charge is 0.100 e. The maximum absolute atomic E-state index is 4.31. The quantitative estimate of drug-likeness (QED) is 0.703. The van der Waals surface area contributed by atoms with Crippen LogP contribution in [-0.2, 0) is 0 Å². The molecule has 74 valence electrons. The van der Waals surface area contributed by atoms with Crippen LogP contribution in [0, 0.1) is 0 Å². The molecule has 0 aliphatic heterocycles. The summed E-state index contributed by atoms with van der Waals surface area (Å²) >= 11 is 0. The third kappa shape index (κ3) is 1.66. The molecule has 0 saturated carbocycles. The van der Waals surface area contributed by atoms with Gasteiger partial charge in [0.1, 0.15) is 6.33 Å². The molecule has 0 atom stereocenters. The van der Waals surface area contributed by atoms with E-state index in [1.54, 1.807) is 0 Å². The van der Waals surface area contributed by atoms with Gasteiger partial charge in [-0.2, -0.15) is 0 Å². The normalized spacial score (nSPS) is 11.4. The fourth-order valence-corrected chi connectivity index (χ4v) is 1.38. The Morgan fingerprint density at radius 3 is 2.79 bits per heavy atom. The Morgan fingerprint density at radius 2 is 2.07 bits per heavy atom. The van der Waals surface area contributed by atoms with E-state index in [9.17, 15) is 0 Å². The molecule has 0 aliphatic rings. The Bertz CT molecular complexity index is 457. The number of fused-ring (bicyclic) bond motifs is 1. The molecule has 0 aliphatic carbocycles. The topological polar surface area (TPSA) is 17.8 Å². The van der Waals surface area contributed by atoms with Crippen molar-refractivity contribution in [2.45, 2.75) is 13.8 Å². The second-order valence-corrected chi connectivity index (χ2v) is 3.03. The number of benzene rings is 1. The lowest BCUT2D eigenvalue weighted by Gasteiger charge is -2.01. The van der Waals surface area contributed by atoms with Gasteiger partial charge in [0.25, 0.3) is 0 Å². The van der Waals surface area contributed by atoms with Crippen LogP contribution in [0.3, 0.4) is 0 Å². The third-order valence-corrected chi connectivity index (χ3v) is 2.25. The van der Waals surface area contributed by atoms with Gasteiger partial charge in [0.05, 0.1) is 11.0 Å². The van der Waals surface area contributed by atoms with Crippen LogP contribution in [0.25, 0.3) is 16.7 Å². The lowest BCUT2D eigenvalue weighted by molar-refractivity contribution is 1.11. The van der Waals surface area contributed by atoms with Crippen molar-refractivity contribution in [3.8, 4) is 0 Å². The van der Waals surface area contributed by atoms with Crippen LogP contribution in [0.4, 0.5) is 0 Å². The highest BCUT2D eigenvalue weighted by Crippen LogP contribution is 2.15. The molecule has 2 aromatic rings. The minimum atomic E-state index is 0. The largest absolute Gasteiger partial charge is 0.303 e. The molecule has 0 amide bonds. The Hall–Kier alpha value is -1.28. The van der Waals surface area contributed by atoms with Gasteiger partial charge in [-0.05, 0) is 26.0 Å². The van der Waals surface area contributed by atoms with Crippen molar-refractivity contribution in [1.29, 1.82) is 0 Å². The molecule has 2 rings (SSSR count). The van der Waals surface area contributed by atoms with E-state index < -0.39 is 0 Å². The first kappa shape index (κ1) is 10.8. The fourth-order valence-electron chi connectivity index (χ4n) is 1.38. The average Bonchev–Trinajstić information content (AvgIpc) is 2.60. The predicted molar refractivity (Wildman–Crippen MR) is 62.6 cm³/mol. The standard InChI is InChI=1S/C11H12N2.ClH/c1-3-9(2)13-8-12-10-6-4-5-7-11(10)13;/h3-8H,1-2H3;1H. The first-order chi connectivity index (χ1) is 6.33. The van der Waals surface area contributed by atoms with Gasteiger partial charge in [0.2, 0.25) is 0 Å². The first-order valence-electron chi connectivity index (χ1n) is 4.38. The summed E-state index contributed by atoms with van der Waals surface area (Å²) in [5, 5.41) is 0. The van der Waals surface area contributed by atoms with Gasteiger partial charge in [0, 0.05) is 5.70 Å². The van der Waals surface area contributed by atoms with E-state index in [-0.39, 0.29) is 12.4 Å².